The number of pyridine rings is 2. The van der Waals surface area contributed by atoms with E-state index in [-0.39, 0.29) is 18.9 Å². The second kappa shape index (κ2) is 11.1. The SMILES string of the molecule is COCOc1c(-c2ccc3cc(N4CC[C@@H](N(CC5CC5)C(=O)OC(C)(C)C)C4)cnc3n2)cc2cn(C)nc2c1C. The van der Waals surface area contributed by atoms with Crippen LogP contribution in [0.5, 0.6) is 5.75 Å². The van der Waals surface area contributed by atoms with Crippen molar-refractivity contribution in [2.24, 2.45) is 13.0 Å². The van der Waals surface area contributed by atoms with Gasteiger partial charge in [-0.2, -0.15) is 5.10 Å². The average molecular weight is 573 g/mol. The summed E-state index contributed by atoms with van der Waals surface area (Å²) in [7, 11) is 3.52. The van der Waals surface area contributed by atoms with Gasteiger partial charge in [-0.3, -0.25) is 4.68 Å². The Morgan fingerprint density at radius 2 is 1.95 bits per heavy atom. The Bertz CT molecular complexity index is 1620. The number of rotatable bonds is 8. The van der Waals surface area contributed by atoms with Crippen molar-refractivity contribution in [2.45, 2.75) is 58.6 Å². The summed E-state index contributed by atoms with van der Waals surface area (Å²) in [5, 5.41) is 6.58. The summed E-state index contributed by atoms with van der Waals surface area (Å²) >= 11 is 0. The number of carbonyl (C=O) groups is 1. The highest BCUT2D eigenvalue weighted by atomic mass is 16.7. The molecule has 1 aliphatic heterocycles. The van der Waals surface area contributed by atoms with Gasteiger partial charge in [0.1, 0.15) is 11.4 Å². The standard InChI is InChI=1S/C32H40N6O4/c1-20-28-23(17-36(5)35-28)14-26(29(20)41-19-40-6)27-10-9-22-13-25(15-33-30(22)34-27)37-12-11-24(18-37)38(16-21-7-8-21)31(39)42-32(2,3)4/h9-10,13-15,17,21,24H,7-8,11-12,16,18-19H2,1-6H3/t24-/m1/s1. The fraction of sp³-hybridized carbons (Fsp3) is 0.500. The highest BCUT2D eigenvalue weighted by molar-refractivity contribution is 5.92. The van der Waals surface area contributed by atoms with Crippen molar-refractivity contribution in [1.82, 2.24) is 24.6 Å². The minimum Gasteiger partial charge on any atom is -0.466 e. The van der Waals surface area contributed by atoms with Gasteiger partial charge in [0.2, 0.25) is 0 Å². The van der Waals surface area contributed by atoms with Crippen LogP contribution in [0.1, 0.15) is 45.6 Å². The van der Waals surface area contributed by atoms with Crippen LogP contribution in [-0.2, 0) is 16.5 Å². The first-order valence-electron chi connectivity index (χ1n) is 14.7. The van der Waals surface area contributed by atoms with Crippen molar-refractivity contribution in [3.8, 4) is 17.0 Å². The van der Waals surface area contributed by atoms with Crippen LogP contribution in [0.3, 0.4) is 0 Å². The van der Waals surface area contributed by atoms with E-state index in [1.165, 1.54) is 12.8 Å². The van der Waals surface area contributed by atoms with Gasteiger partial charge in [0.25, 0.3) is 0 Å². The minimum absolute atomic E-state index is 0.118. The first-order valence-corrected chi connectivity index (χ1v) is 14.7. The lowest BCUT2D eigenvalue weighted by atomic mass is 10.0. The topological polar surface area (TPSA) is 94.8 Å². The molecule has 1 saturated carbocycles. The van der Waals surface area contributed by atoms with E-state index in [4.69, 9.17) is 24.2 Å². The minimum atomic E-state index is -0.510. The summed E-state index contributed by atoms with van der Waals surface area (Å²) in [4.78, 5) is 27.1. The van der Waals surface area contributed by atoms with Gasteiger partial charge >= 0.3 is 6.09 Å². The molecule has 222 valence electrons. The molecule has 1 atom stereocenters. The average Bonchev–Trinajstić information content (AvgIpc) is 3.49. The van der Waals surface area contributed by atoms with E-state index < -0.39 is 5.60 Å². The van der Waals surface area contributed by atoms with Crippen molar-refractivity contribution in [1.29, 1.82) is 0 Å². The summed E-state index contributed by atoms with van der Waals surface area (Å²) in [5.74, 6) is 1.30. The molecule has 4 aromatic rings. The molecule has 0 unspecified atom stereocenters. The number of anilines is 1. The maximum Gasteiger partial charge on any atom is 0.410 e. The Kier molecular flexibility index (Phi) is 7.43. The molecule has 10 heteroatoms. The fourth-order valence-electron chi connectivity index (χ4n) is 5.75. The number of amides is 1. The Balaban J connectivity index is 1.25. The maximum absolute atomic E-state index is 13.1. The lowest BCUT2D eigenvalue weighted by Crippen LogP contribution is -2.45. The normalized spacial score (nSPS) is 17.3. The Hall–Kier alpha value is -3.92. The molecular formula is C32H40N6O4. The van der Waals surface area contributed by atoms with Crippen LogP contribution in [0, 0.1) is 12.8 Å². The summed E-state index contributed by atoms with van der Waals surface area (Å²) in [6, 6.07) is 8.39. The highest BCUT2D eigenvalue weighted by Gasteiger charge is 2.37. The molecular weight excluding hydrogens is 532 g/mol. The molecule has 42 heavy (non-hydrogen) atoms. The number of hydrogen-bond acceptors (Lipinski definition) is 8. The summed E-state index contributed by atoms with van der Waals surface area (Å²) in [6.07, 6.45) is 6.96. The van der Waals surface area contributed by atoms with Crippen LogP contribution in [-0.4, -0.2) is 75.9 Å². The number of fused-ring (bicyclic) bond motifs is 2. The van der Waals surface area contributed by atoms with Crippen LogP contribution in [0.2, 0.25) is 0 Å². The van der Waals surface area contributed by atoms with E-state index in [0.29, 0.717) is 17.3 Å². The summed E-state index contributed by atoms with van der Waals surface area (Å²) < 4.78 is 18.8. The van der Waals surface area contributed by atoms with E-state index in [0.717, 1.165) is 64.9 Å². The Morgan fingerprint density at radius 3 is 2.69 bits per heavy atom. The summed E-state index contributed by atoms with van der Waals surface area (Å²) in [5.41, 5.74) is 4.67. The van der Waals surface area contributed by atoms with Crippen molar-refractivity contribution in [2.75, 3.05) is 38.4 Å². The van der Waals surface area contributed by atoms with E-state index in [1.807, 2.05) is 58.1 Å². The molecule has 6 rings (SSSR count). The van der Waals surface area contributed by atoms with Gasteiger partial charge in [0.15, 0.2) is 12.4 Å². The molecule has 1 amide bonds. The quantitative estimate of drug-likeness (QED) is 0.248. The van der Waals surface area contributed by atoms with E-state index in [2.05, 4.69) is 28.2 Å². The first-order chi connectivity index (χ1) is 20.1. The third kappa shape index (κ3) is 5.86. The predicted octanol–water partition coefficient (Wildman–Crippen LogP) is 5.70. The molecule has 0 radical (unpaired) electrons. The lowest BCUT2D eigenvalue weighted by molar-refractivity contribution is 0.0167. The molecule has 3 aromatic heterocycles. The lowest BCUT2D eigenvalue weighted by Gasteiger charge is -2.32. The van der Waals surface area contributed by atoms with Crippen LogP contribution in [0.25, 0.3) is 33.2 Å². The summed E-state index contributed by atoms with van der Waals surface area (Å²) in [6.45, 7) is 10.3. The van der Waals surface area contributed by atoms with E-state index in [1.54, 1.807) is 11.8 Å². The van der Waals surface area contributed by atoms with Crippen molar-refractivity contribution in [3.05, 3.63) is 42.2 Å². The molecule has 1 aliphatic carbocycles. The second-order valence-electron chi connectivity index (χ2n) is 12.6. The number of carbonyl (C=O) groups excluding carboxylic acids is 1. The van der Waals surface area contributed by atoms with Gasteiger partial charge in [0.05, 0.1) is 29.1 Å². The monoisotopic (exact) mass is 572 g/mol. The molecule has 0 N–H and O–H groups in total. The van der Waals surface area contributed by atoms with Crippen molar-refractivity contribution < 1.29 is 19.0 Å². The van der Waals surface area contributed by atoms with Gasteiger partial charge in [-0.05, 0) is 77.1 Å². The molecule has 0 spiro atoms. The zero-order valence-electron chi connectivity index (χ0n) is 25.4. The predicted molar refractivity (Wildman–Crippen MR) is 163 cm³/mol. The number of methoxy groups -OCH3 is 1. The fourth-order valence-corrected chi connectivity index (χ4v) is 5.75. The zero-order valence-corrected chi connectivity index (χ0v) is 25.4. The molecule has 4 heterocycles. The maximum atomic E-state index is 13.1. The smallest absolute Gasteiger partial charge is 0.410 e. The van der Waals surface area contributed by atoms with Crippen LogP contribution in [0.4, 0.5) is 10.5 Å². The van der Waals surface area contributed by atoms with Crippen LogP contribution >= 0.6 is 0 Å². The number of aromatic nitrogens is 4. The van der Waals surface area contributed by atoms with Crippen LogP contribution < -0.4 is 9.64 Å². The van der Waals surface area contributed by atoms with Crippen LogP contribution in [0.15, 0.2) is 36.7 Å². The van der Waals surface area contributed by atoms with Gasteiger partial charge < -0.3 is 24.0 Å². The van der Waals surface area contributed by atoms with Gasteiger partial charge in [-0.25, -0.2) is 14.8 Å². The van der Waals surface area contributed by atoms with Gasteiger partial charge in [-0.1, -0.05) is 0 Å². The number of nitrogens with zero attached hydrogens (tertiary/aromatic N) is 6. The number of hydrogen-bond donors (Lipinski definition) is 0. The Morgan fingerprint density at radius 1 is 1.14 bits per heavy atom. The van der Waals surface area contributed by atoms with E-state index in [9.17, 15) is 4.79 Å². The highest BCUT2D eigenvalue weighted by Crippen LogP contribution is 2.38. The third-order valence-corrected chi connectivity index (χ3v) is 7.97. The molecule has 1 saturated heterocycles. The molecule has 10 nitrogen and oxygen atoms in total. The molecule has 2 aliphatic rings. The third-order valence-electron chi connectivity index (χ3n) is 7.97. The Labute approximate surface area is 246 Å². The first kappa shape index (κ1) is 28.2. The van der Waals surface area contributed by atoms with E-state index >= 15 is 0 Å². The van der Waals surface area contributed by atoms with Crippen molar-refractivity contribution in [3.63, 3.8) is 0 Å². The molecule has 1 aromatic carbocycles. The van der Waals surface area contributed by atoms with Gasteiger partial charge in [-0.15, -0.1) is 0 Å². The number of aryl methyl sites for hydroxylation is 2. The molecule has 2 fully saturated rings. The second-order valence-corrected chi connectivity index (χ2v) is 12.6. The zero-order chi connectivity index (χ0) is 29.6. The largest absolute Gasteiger partial charge is 0.466 e. The van der Waals surface area contributed by atoms with Gasteiger partial charge in [0, 0.05) is 61.9 Å². The number of ether oxygens (including phenoxy) is 3. The number of benzene rings is 1. The molecule has 0 bridgehead atoms. The van der Waals surface area contributed by atoms with Crippen molar-refractivity contribution >= 4 is 33.7 Å².